The Morgan fingerprint density at radius 1 is 0.958 bits per heavy atom. The number of pyridine rings is 1. The normalized spacial score (nSPS) is 23.7. The van der Waals surface area contributed by atoms with E-state index in [9.17, 15) is 9.59 Å². The number of hydrogen-bond acceptors (Lipinski definition) is 6. The highest BCUT2D eigenvalue weighted by molar-refractivity contribution is 9.10. The Kier molecular flexibility index (Phi) is 10.4. The van der Waals surface area contributed by atoms with Gasteiger partial charge in [0, 0.05) is 60.7 Å². The van der Waals surface area contributed by atoms with E-state index in [1.54, 1.807) is 4.90 Å². The zero-order valence-electron chi connectivity index (χ0n) is 27.8. The Morgan fingerprint density at radius 3 is 2.58 bits per heavy atom. The van der Waals surface area contributed by atoms with Crippen molar-refractivity contribution in [2.75, 3.05) is 26.2 Å². The highest BCUT2D eigenvalue weighted by Crippen LogP contribution is 2.39. The first-order valence-electron chi connectivity index (χ1n) is 17.8. The Balaban J connectivity index is 1.20. The smallest absolute Gasteiger partial charge is 0.410 e. The predicted octanol–water partition coefficient (Wildman–Crippen LogP) is 7.12. The van der Waals surface area contributed by atoms with Crippen LogP contribution in [0.1, 0.15) is 91.9 Å². The molecule has 9 nitrogen and oxygen atoms in total. The summed E-state index contributed by atoms with van der Waals surface area (Å²) in [6.45, 7) is 4.94. The van der Waals surface area contributed by atoms with Gasteiger partial charge in [0.1, 0.15) is 12.1 Å². The van der Waals surface area contributed by atoms with E-state index in [1.165, 1.54) is 23.1 Å². The number of imidazole rings is 1. The van der Waals surface area contributed by atoms with Crippen molar-refractivity contribution in [3.8, 4) is 0 Å². The summed E-state index contributed by atoms with van der Waals surface area (Å²) < 4.78 is 9.19. The number of hydrogen-bond donors (Lipinski definition) is 0. The van der Waals surface area contributed by atoms with Crippen molar-refractivity contribution in [3.05, 3.63) is 80.6 Å². The highest BCUT2D eigenvalue weighted by Gasteiger charge is 2.44. The van der Waals surface area contributed by atoms with E-state index in [4.69, 9.17) is 21.3 Å². The summed E-state index contributed by atoms with van der Waals surface area (Å²) in [6.07, 6.45) is 16.1. The van der Waals surface area contributed by atoms with E-state index in [2.05, 4.69) is 59.7 Å². The van der Waals surface area contributed by atoms with E-state index in [-0.39, 0.29) is 30.2 Å². The van der Waals surface area contributed by atoms with Gasteiger partial charge in [0.2, 0.25) is 5.91 Å². The topological polar surface area (TPSA) is 83.8 Å². The van der Waals surface area contributed by atoms with Gasteiger partial charge in [0.25, 0.3) is 0 Å². The fourth-order valence-electron chi connectivity index (χ4n) is 8.32. The summed E-state index contributed by atoms with van der Waals surface area (Å²) in [5.41, 5.74) is 5.56. The fraction of sp³-hybridized carbons (Fsp3) is 0.568. The SMILES string of the molecule is Cc1cn(CC[C@@H]2CCCCN2C(=O)[C@H]2CN([C@H]3c4ccc(Cl)cc4CCc4cc(Br)cnc43)CCN2C(=O)OC2CCCCC2)cn1. The molecule has 2 aliphatic heterocycles. The van der Waals surface area contributed by atoms with Crippen LogP contribution in [0.5, 0.6) is 0 Å². The van der Waals surface area contributed by atoms with Gasteiger partial charge in [0.05, 0.1) is 23.8 Å². The summed E-state index contributed by atoms with van der Waals surface area (Å²) in [6, 6.07) is 7.63. The zero-order chi connectivity index (χ0) is 33.2. The lowest BCUT2D eigenvalue weighted by Crippen LogP contribution is -2.63. The van der Waals surface area contributed by atoms with E-state index in [0.717, 1.165) is 91.6 Å². The van der Waals surface area contributed by atoms with Crippen LogP contribution in [0, 0.1) is 6.92 Å². The summed E-state index contributed by atoms with van der Waals surface area (Å²) >= 11 is 10.2. The monoisotopic (exact) mass is 736 g/mol. The van der Waals surface area contributed by atoms with Crippen molar-refractivity contribution in [1.29, 1.82) is 0 Å². The number of piperidine rings is 1. The lowest BCUT2D eigenvalue weighted by Gasteiger charge is -2.46. The van der Waals surface area contributed by atoms with Gasteiger partial charge in [-0.1, -0.05) is 24.1 Å². The minimum atomic E-state index is -0.649. The number of aromatic nitrogens is 3. The molecule has 48 heavy (non-hydrogen) atoms. The molecule has 2 saturated heterocycles. The molecule has 1 aromatic carbocycles. The van der Waals surface area contributed by atoms with Crippen LogP contribution in [0.15, 0.2) is 47.5 Å². The summed E-state index contributed by atoms with van der Waals surface area (Å²) in [4.78, 5) is 44.4. The minimum absolute atomic E-state index is 0.0285. The second kappa shape index (κ2) is 14.9. The van der Waals surface area contributed by atoms with Crippen LogP contribution in [0.2, 0.25) is 5.02 Å². The van der Waals surface area contributed by atoms with Gasteiger partial charge < -0.3 is 14.2 Å². The molecule has 4 heterocycles. The largest absolute Gasteiger partial charge is 0.446 e. The molecule has 11 heteroatoms. The lowest BCUT2D eigenvalue weighted by atomic mass is 9.94. The van der Waals surface area contributed by atoms with Crippen LogP contribution in [0.3, 0.4) is 0 Å². The first-order valence-corrected chi connectivity index (χ1v) is 18.9. The quantitative estimate of drug-likeness (QED) is 0.268. The molecule has 2 aliphatic carbocycles. The Hall–Kier alpha value is -2.95. The Bertz CT molecular complexity index is 1570. The van der Waals surface area contributed by atoms with Crippen molar-refractivity contribution in [2.45, 2.75) is 108 Å². The second-order valence-corrected chi connectivity index (χ2v) is 15.4. The molecule has 7 rings (SSSR count). The number of amides is 2. The number of carbonyl (C=O) groups is 2. The van der Waals surface area contributed by atoms with Crippen molar-refractivity contribution in [1.82, 2.24) is 29.2 Å². The molecule has 0 spiro atoms. The first kappa shape index (κ1) is 33.5. The number of ether oxygens (including phenoxy) is 1. The molecule has 2 aromatic heterocycles. The van der Waals surface area contributed by atoms with Crippen molar-refractivity contribution in [2.24, 2.45) is 0 Å². The number of likely N-dealkylation sites (tertiary alicyclic amines) is 1. The zero-order valence-corrected chi connectivity index (χ0v) is 30.2. The molecule has 256 valence electrons. The molecule has 3 fully saturated rings. The molecule has 0 bridgehead atoms. The van der Waals surface area contributed by atoms with Gasteiger partial charge in [-0.15, -0.1) is 0 Å². The third kappa shape index (κ3) is 7.31. The number of halogens is 2. The van der Waals surface area contributed by atoms with Crippen molar-refractivity contribution >= 4 is 39.5 Å². The predicted molar refractivity (Wildman–Crippen MR) is 189 cm³/mol. The highest BCUT2D eigenvalue weighted by atomic mass is 79.9. The number of piperazine rings is 1. The minimum Gasteiger partial charge on any atom is -0.446 e. The summed E-state index contributed by atoms with van der Waals surface area (Å²) in [5.74, 6) is 0.0285. The average Bonchev–Trinajstić information content (AvgIpc) is 3.45. The van der Waals surface area contributed by atoms with E-state index < -0.39 is 6.04 Å². The van der Waals surface area contributed by atoms with Gasteiger partial charge in [-0.2, -0.15) is 0 Å². The number of benzene rings is 1. The maximum absolute atomic E-state index is 14.9. The number of carbonyl (C=O) groups excluding carboxylic acids is 2. The van der Waals surface area contributed by atoms with Gasteiger partial charge in [0.15, 0.2) is 0 Å². The van der Waals surface area contributed by atoms with Crippen molar-refractivity contribution < 1.29 is 14.3 Å². The molecule has 3 aromatic rings. The Morgan fingerprint density at radius 2 is 1.77 bits per heavy atom. The molecular weight excluding hydrogens is 692 g/mol. The number of nitrogens with zero attached hydrogens (tertiary/aromatic N) is 6. The maximum atomic E-state index is 14.9. The summed E-state index contributed by atoms with van der Waals surface area (Å²) in [7, 11) is 0. The second-order valence-electron chi connectivity index (χ2n) is 14.0. The van der Waals surface area contributed by atoms with E-state index >= 15 is 0 Å². The third-order valence-corrected chi connectivity index (χ3v) is 11.5. The summed E-state index contributed by atoms with van der Waals surface area (Å²) in [5, 5.41) is 0.720. The van der Waals surface area contributed by atoms with E-state index in [1.807, 2.05) is 25.5 Å². The van der Waals surface area contributed by atoms with Gasteiger partial charge >= 0.3 is 6.09 Å². The maximum Gasteiger partial charge on any atom is 0.410 e. The van der Waals surface area contributed by atoms with Gasteiger partial charge in [-0.3, -0.25) is 19.6 Å². The fourth-order valence-corrected chi connectivity index (χ4v) is 8.89. The standard InChI is InChI=1S/C37H46BrClN6O3/c1-25-22-42(24-41-25)16-14-30-7-5-6-15-44(30)36(46)33-23-43(17-18-45(33)37(47)48-31-8-3-2-4-9-31)35-32-13-12-29(39)20-26(32)10-11-27-19-28(38)21-40-34(27)35/h12-13,19-22,24,30-31,33,35H,2-11,14-18,23H2,1H3/t30-,33+,35-/m0/s1. The first-order chi connectivity index (χ1) is 23.3. The third-order valence-electron chi connectivity index (χ3n) is 10.8. The average molecular weight is 738 g/mol. The van der Waals surface area contributed by atoms with Crippen LogP contribution in [0.25, 0.3) is 0 Å². The molecule has 4 aliphatic rings. The molecule has 1 saturated carbocycles. The molecular formula is C37H46BrClN6O3. The molecule has 3 atom stereocenters. The molecule has 2 amide bonds. The van der Waals surface area contributed by atoms with Crippen molar-refractivity contribution in [3.63, 3.8) is 0 Å². The molecule has 0 N–H and O–H groups in total. The number of fused-ring (bicyclic) bond motifs is 2. The van der Waals surface area contributed by atoms with Crippen LogP contribution in [-0.2, 0) is 28.9 Å². The van der Waals surface area contributed by atoms with Gasteiger partial charge in [-0.05, 0) is 122 Å². The lowest BCUT2D eigenvalue weighted by molar-refractivity contribution is -0.143. The molecule has 0 unspecified atom stereocenters. The Labute approximate surface area is 297 Å². The number of aryl methyl sites for hydroxylation is 4. The molecule has 0 radical (unpaired) electrons. The number of rotatable bonds is 6. The van der Waals surface area contributed by atoms with Crippen LogP contribution < -0.4 is 0 Å². The van der Waals surface area contributed by atoms with Crippen LogP contribution >= 0.6 is 27.5 Å². The van der Waals surface area contributed by atoms with Gasteiger partial charge in [-0.25, -0.2) is 9.78 Å². The van der Waals surface area contributed by atoms with E-state index in [0.29, 0.717) is 26.2 Å². The van der Waals surface area contributed by atoms with Crippen LogP contribution in [-0.4, -0.2) is 85.6 Å². The van der Waals surface area contributed by atoms with Crippen LogP contribution in [0.4, 0.5) is 4.79 Å².